The third-order valence-corrected chi connectivity index (χ3v) is 6.23. The first kappa shape index (κ1) is 17.4. The first-order chi connectivity index (χ1) is 12.7. The van der Waals surface area contributed by atoms with Crippen molar-refractivity contribution in [2.75, 3.05) is 7.11 Å². The van der Waals surface area contributed by atoms with Crippen LogP contribution in [-0.2, 0) is 0 Å². The number of rotatable bonds is 3. The Bertz CT molecular complexity index is 952. The number of halogens is 1. The van der Waals surface area contributed by atoms with Crippen molar-refractivity contribution in [1.29, 1.82) is 0 Å². The SMILES string of the molecule is COc1ccc(C2=Nc3ccccc3S[C@H](c3cccc(Br)c3)C2)cc1. The van der Waals surface area contributed by atoms with Crippen LogP contribution in [0.5, 0.6) is 5.75 Å². The van der Waals surface area contributed by atoms with Crippen LogP contribution < -0.4 is 4.74 Å². The number of fused-ring (bicyclic) bond motifs is 1. The maximum atomic E-state index is 5.29. The molecule has 1 atom stereocenters. The third kappa shape index (κ3) is 3.71. The zero-order chi connectivity index (χ0) is 17.9. The van der Waals surface area contributed by atoms with E-state index >= 15 is 0 Å². The van der Waals surface area contributed by atoms with Gasteiger partial charge in [-0.1, -0.05) is 40.2 Å². The Kier molecular flexibility index (Phi) is 5.14. The molecule has 0 radical (unpaired) electrons. The summed E-state index contributed by atoms with van der Waals surface area (Å²) in [5, 5.41) is 0.317. The highest BCUT2D eigenvalue weighted by molar-refractivity contribution is 9.10. The number of aliphatic imine (C=N–C) groups is 1. The highest BCUT2D eigenvalue weighted by Crippen LogP contribution is 2.45. The minimum Gasteiger partial charge on any atom is -0.497 e. The van der Waals surface area contributed by atoms with Gasteiger partial charge in [0.05, 0.1) is 12.8 Å². The molecule has 0 amide bonds. The molecule has 3 aromatic carbocycles. The van der Waals surface area contributed by atoms with Gasteiger partial charge in [0.25, 0.3) is 0 Å². The van der Waals surface area contributed by atoms with Gasteiger partial charge in [-0.15, -0.1) is 11.8 Å². The van der Waals surface area contributed by atoms with Crippen molar-refractivity contribution in [3.05, 3.63) is 88.4 Å². The first-order valence-corrected chi connectivity index (χ1v) is 10.1. The molecule has 0 aliphatic carbocycles. The van der Waals surface area contributed by atoms with E-state index in [-0.39, 0.29) is 0 Å². The summed E-state index contributed by atoms with van der Waals surface area (Å²) in [5.41, 5.74) is 4.60. The molecule has 130 valence electrons. The van der Waals surface area contributed by atoms with Crippen LogP contribution in [0, 0.1) is 0 Å². The molecule has 26 heavy (non-hydrogen) atoms. The van der Waals surface area contributed by atoms with E-state index in [4.69, 9.17) is 9.73 Å². The molecule has 0 bridgehead atoms. The van der Waals surface area contributed by atoms with Crippen molar-refractivity contribution in [1.82, 2.24) is 0 Å². The molecule has 1 aliphatic heterocycles. The molecule has 3 aromatic rings. The van der Waals surface area contributed by atoms with Crippen molar-refractivity contribution in [3.63, 3.8) is 0 Å². The molecule has 1 heterocycles. The lowest BCUT2D eigenvalue weighted by atomic mass is 10.0. The van der Waals surface area contributed by atoms with E-state index < -0.39 is 0 Å². The second-order valence-corrected chi connectivity index (χ2v) is 8.28. The van der Waals surface area contributed by atoms with Crippen LogP contribution in [0.1, 0.15) is 22.8 Å². The van der Waals surface area contributed by atoms with Crippen molar-refractivity contribution < 1.29 is 4.74 Å². The topological polar surface area (TPSA) is 21.6 Å². The smallest absolute Gasteiger partial charge is 0.118 e. The summed E-state index contributed by atoms with van der Waals surface area (Å²) < 4.78 is 6.40. The molecule has 4 rings (SSSR count). The second kappa shape index (κ2) is 7.68. The van der Waals surface area contributed by atoms with E-state index in [1.807, 2.05) is 30.0 Å². The van der Waals surface area contributed by atoms with Crippen LogP contribution in [0.4, 0.5) is 5.69 Å². The lowest BCUT2D eigenvalue weighted by Crippen LogP contribution is -2.05. The van der Waals surface area contributed by atoms with E-state index in [0.29, 0.717) is 5.25 Å². The van der Waals surface area contributed by atoms with Gasteiger partial charge in [-0.2, -0.15) is 0 Å². The average Bonchev–Trinajstić information content (AvgIpc) is 2.88. The van der Waals surface area contributed by atoms with Crippen molar-refractivity contribution >= 4 is 39.1 Å². The highest BCUT2D eigenvalue weighted by atomic mass is 79.9. The Morgan fingerprint density at radius 2 is 1.81 bits per heavy atom. The molecule has 1 aliphatic rings. The normalized spacial score (nSPS) is 16.4. The van der Waals surface area contributed by atoms with Crippen LogP contribution >= 0.6 is 27.7 Å². The van der Waals surface area contributed by atoms with Crippen molar-refractivity contribution in [2.24, 2.45) is 4.99 Å². The summed E-state index contributed by atoms with van der Waals surface area (Å²) >= 11 is 5.49. The largest absolute Gasteiger partial charge is 0.497 e. The molecule has 0 fully saturated rings. The Labute approximate surface area is 166 Å². The van der Waals surface area contributed by atoms with Gasteiger partial charge in [0.15, 0.2) is 0 Å². The minimum absolute atomic E-state index is 0.317. The Morgan fingerprint density at radius 3 is 2.58 bits per heavy atom. The lowest BCUT2D eigenvalue weighted by molar-refractivity contribution is 0.415. The molecule has 4 heteroatoms. The number of methoxy groups -OCH3 is 1. The fourth-order valence-corrected chi connectivity index (χ4v) is 4.71. The van der Waals surface area contributed by atoms with Crippen LogP contribution in [0.2, 0.25) is 0 Å². The van der Waals surface area contributed by atoms with Crippen LogP contribution in [0.25, 0.3) is 0 Å². The van der Waals surface area contributed by atoms with Crippen molar-refractivity contribution in [2.45, 2.75) is 16.6 Å². The Balaban J connectivity index is 1.77. The van der Waals surface area contributed by atoms with Gasteiger partial charge in [-0.25, -0.2) is 0 Å². The Hall–Kier alpha value is -2.04. The number of hydrogen-bond acceptors (Lipinski definition) is 3. The lowest BCUT2D eigenvalue weighted by Gasteiger charge is -2.16. The molecular formula is C22H18BrNOS. The summed E-state index contributed by atoms with van der Waals surface area (Å²) in [6.45, 7) is 0. The van der Waals surface area contributed by atoms with Crippen LogP contribution in [0.15, 0.2) is 87.2 Å². The fourth-order valence-electron chi connectivity index (χ4n) is 3.07. The Morgan fingerprint density at radius 1 is 1.00 bits per heavy atom. The van der Waals surface area contributed by atoms with E-state index in [2.05, 4.69) is 70.5 Å². The summed E-state index contributed by atoms with van der Waals surface area (Å²) in [6, 6.07) is 25.1. The number of thioether (sulfide) groups is 1. The molecule has 0 unspecified atom stereocenters. The molecule has 0 saturated heterocycles. The van der Waals surface area contributed by atoms with Crippen molar-refractivity contribution in [3.8, 4) is 5.75 Å². The van der Waals surface area contributed by atoms with Gasteiger partial charge in [0.1, 0.15) is 5.75 Å². The minimum atomic E-state index is 0.317. The highest BCUT2D eigenvalue weighted by Gasteiger charge is 2.22. The zero-order valence-electron chi connectivity index (χ0n) is 14.4. The zero-order valence-corrected chi connectivity index (χ0v) is 16.8. The predicted octanol–water partition coefficient (Wildman–Crippen LogP) is 6.82. The monoisotopic (exact) mass is 423 g/mol. The van der Waals surface area contributed by atoms with E-state index in [0.717, 1.165) is 33.6 Å². The van der Waals surface area contributed by atoms with E-state index in [9.17, 15) is 0 Å². The third-order valence-electron chi connectivity index (χ3n) is 4.41. The van der Waals surface area contributed by atoms with Gasteiger partial charge in [-0.3, -0.25) is 4.99 Å². The van der Waals surface area contributed by atoms with E-state index in [1.165, 1.54) is 10.5 Å². The number of ether oxygens (including phenoxy) is 1. The number of para-hydroxylation sites is 1. The maximum Gasteiger partial charge on any atom is 0.118 e. The maximum absolute atomic E-state index is 5.29. The van der Waals surface area contributed by atoms with Gasteiger partial charge in [0.2, 0.25) is 0 Å². The summed E-state index contributed by atoms with van der Waals surface area (Å²) in [6.07, 6.45) is 0.877. The van der Waals surface area contributed by atoms with Crippen LogP contribution in [0.3, 0.4) is 0 Å². The second-order valence-electron chi connectivity index (χ2n) is 6.12. The fraction of sp³-hybridized carbons (Fsp3) is 0.136. The summed E-state index contributed by atoms with van der Waals surface area (Å²) in [7, 11) is 1.69. The van der Waals surface area contributed by atoms with Gasteiger partial charge >= 0.3 is 0 Å². The van der Waals surface area contributed by atoms with E-state index in [1.54, 1.807) is 7.11 Å². The molecular weight excluding hydrogens is 406 g/mol. The molecule has 0 N–H and O–H groups in total. The molecule has 0 spiro atoms. The number of hydrogen-bond donors (Lipinski definition) is 0. The number of nitrogens with zero attached hydrogens (tertiary/aromatic N) is 1. The average molecular weight is 424 g/mol. The summed E-state index contributed by atoms with van der Waals surface area (Å²) in [5.74, 6) is 0.862. The summed E-state index contributed by atoms with van der Waals surface area (Å²) in [4.78, 5) is 6.23. The van der Waals surface area contributed by atoms with Gasteiger partial charge < -0.3 is 4.74 Å². The standard InChI is InChI=1S/C22H18BrNOS/c1-25-18-11-9-15(10-12-18)20-14-22(16-5-4-6-17(23)13-16)26-21-8-3-2-7-19(21)24-20/h2-13,22H,14H2,1H3/t22-/m0/s1. The molecule has 0 saturated carbocycles. The molecule has 0 aromatic heterocycles. The van der Waals surface area contributed by atoms with Gasteiger partial charge in [-0.05, 0) is 59.7 Å². The predicted molar refractivity (Wildman–Crippen MR) is 113 cm³/mol. The van der Waals surface area contributed by atoms with Gasteiger partial charge in [0, 0.05) is 26.8 Å². The van der Waals surface area contributed by atoms with Crippen LogP contribution in [-0.4, -0.2) is 12.8 Å². The quantitative estimate of drug-likeness (QED) is 0.460. The molecule has 2 nitrogen and oxygen atoms in total. The first-order valence-electron chi connectivity index (χ1n) is 8.46. The number of benzene rings is 3.